The van der Waals surface area contributed by atoms with E-state index in [2.05, 4.69) is 15.3 Å². The standard InChI is InChI=1S/C22H17FN4O2S/c1-12-11-27-19(13(2)25-22(27)30-12)20(28)24-10-14-3-8-17-18(9-14)29-21(26-17)15-4-6-16(23)7-5-15/h3-9,11H,10H2,1-2H3,(H,24,28). The maximum atomic E-state index is 13.1. The first kappa shape index (κ1) is 18.5. The van der Waals surface area contributed by atoms with Gasteiger partial charge in [-0.1, -0.05) is 6.07 Å². The van der Waals surface area contributed by atoms with Gasteiger partial charge in [0.1, 0.15) is 17.0 Å². The predicted molar refractivity (Wildman–Crippen MR) is 113 cm³/mol. The lowest BCUT2D eigenvalue weighted by molar-refractivity contribution is 0.0944. The van der Waals surface area contributed by atoms with Crippen LogP contribution >= 0.6 is 11.3 Å². The van der Waals surface area contributed by atoms with E-state index in [4.69, 9.17) is 4.42 Å². The lowest BCUT2D eigenvalue weighted by atomic mass is 10.2. The van der Waals surface area contributed by atoms with E-state index in [1.807, 2.05) is 42.6 Å². The summed E-state index contributed by atoms with van der Waals surface area (Å²) in [6, 6.07) is 11.6. The molecule has 0 aliphatic rings. The second-order valence-electron chi connectivity index (χ2n) is 7.05. The number of carbonyl (C=O) groups excluding carboxylic acids is 1. The monoisotopic (exact) mass is 420 g/mol. The molecule has 5 rings (SSSR count). The SMILES string of the molecule is Cc1cn2c(C(=O)NCc3ccc4nc(-c5ccc(F)cc5)oc4c3)c(C)nc2s1. The van der Waals surface area contributed by atoms with Crippen molar-refractivity contribution < 1.29 is 13.6 Å². The summed E-state index contributed by atoms with van der Waals surface area (Å²) in [5.41, 5.74) is 4.15. The van der Waals surface area contributed by atoms with Crippen LogP contribution in [-0.2, 0) is 6.54 Å². The van der Waals surface area contributed by atoms with Gasteiger partial charge in [-0.25, -0.2) is 14.4 Å². The molecule has 3 heterocycles. The lowest BCUT2D eigenvalue weighted by Gasteiger charge is -2.05. The highest BCUT2D eigenvalue weighted by molar-refractivity contribution is 7.17. The quantitative estimate of drug-likeness (QED) is 0.449. The highest BCUT2D eigenvalue weighted by Gasteiger charge is 2.18. The fraction of sp³-hybridized carbons (Fsp3) is 0.136. The molecule has 0 spiro atoms. The number of benzene rings is 2. The Morgan fingerprint density at radius 3 is 2.77 bits per heavy atom. The number of amides is 1. The number of rotatable bonds is 4. The van der Waals surface area contributed by atoms with E-state index in [-0.39, 0.29) is 11.7 Å². The molecule has 0 aliphatic carbocycles. The molecule has 0 aliphatic heterocycles. The summed E-state index contributed by atoms with van der Waals surface area (Å²) in [5, 5.41) is 2.95. The van der Waals surface area contributed by atoms with Gasteiger partial charge in [-0.05, 0) is 55.8 Å². The molecule has 1 amide bonds. The highest BCUT2D eigenvalue weighted by atomic mass is 32.1. The van der Waals surface area contributed by atoms with Crippen LogP contribution in [0.15, 0.2) is 53.1 Å². The number of carbonyl (C=O) groups is 1. The first-order valence-corrected chi connectivity index (χ1v) is 10.2. The van der Waals surface area contributed by atoms with Crippen molar-refractivity contribution in [2.24, 2.45) is 0 Å². The first-order valence-electron chi connectivity index (χ1n) is 9.36. The van der Waals surface area contributed by atoms with Crippen molar-refractivity contribution >= 4 is 33.3 Å². The number of thiazole rings is 1. The molecule has 150 valence electrons. The third-order valence-electron chi connectivity index (χ3n) is 4.83. The van der Waals surface area contributed by atoms with Crippen molar-refractivity contribution in [1.29, 1.82) is 0 Å². The number of aromatic nitrogens is 3. The van der Waals surface area contributed by atoms with Gasteiger partial charge in [0.2, 0.25) is 5.89 Å². The third-order valence-corrected chi connectivity index (χ3v) is 5.73. The fourth-order valence-electron chi connectivity index (χ4n) is 3.40. The molecule has 1 N–H and O–H groups in total. The molecule has 8 heteroatoms. The minimum Gasteiger partial charge on any atom is -0.436 e. The summed E-state index contributed by atoms with van der Waals surface area (Å²) in [5.74, 6) is -0.0602. The number of hydrogen-bond donors (Lipinski definition) is 1. The zero-order valence-corrected chi connectivity index (χ0v) is 17.1. The maximum Gasteiger partial charge on any atom is 0.270 e. The number of aryl methyl sites for hydroxylation is 2. The second kappa shape index (κ2) is 7.07. The first-order chi connectivity index (χ1) is 14.5. The average Bonchev–Trinajstić information content (AvgIpc) is 3.37. The van der Waals surface area contributed by atoms with Gasteiger partial charge in [-0.15, -0.1) is 11.3 Å². The summed E-state index contributed by atoms with van der Waals surface area (Å²) in [4.78, 5) is 23.6. The Kier molecular flexibility index (Phi) is 4.36. The van der Waals surface area contributed by atoms with Crippen LogP contribution in [0, 0.1) is 19.7 Å². The Bertz CT molecular complexity index is 1400. The van der Waals surface area contributed by atoms with E-state index >= 15 is 0 Å². The van der Waals surface area contributed by atoms with Crippen LogP contribution in [0.4, 0.5) is 4.39 Å². The van der Waals surface area contributed by atoms with Crippen molar-refractivity contribution in [3.8, 4) is 11.5 Å². The van der Waals surface area contributed by atoms with Gasteiger partial charge in [-0.2, -0.15) is 0 Å². The molecule has 6 nitrogen and oxygen atoms in total. The number of imidazole rings is 1. The molecule has 0 radical (unpaired) electrons. The van der Waals surface area contributed by atoms with Crippen LogP contribution in [-0.4, -0.2) is 20.3 Å². The number of nitrogens with zero attached hydrogens (tertiary/aromatic N) is 3. The van der Waals surface area contributed by atoms with Crippen LogP contribution in [0.5, 0.6) is 0 Å². The van der Waals surface area contributed by atoms with E-state index in [1.165, 1.54) is 12.1 Å². The summed E-state index contributed by atoms with van der Waals surface area (Å²) < 4.78 is 20.8. The normalized spacial score (nSPS) is 11.4. The van der Waals surface area contributed by atoms with Crippen molar-refractivity contribution in [1.82, 2.24) is 19.7 Å². The number of hydrogen-bond acceptors (Lipinski definition) is 5. The summed E-state index contributed by atoms with van der Waals surface area (Å²) in [7, 11) is 0. The zero-order valence-electron chi connectivity index (χ0n) is 16.3. The molecule has 0 saturated heterocycles. The van der Waals surface area contributed by atoms with Crippen molar-refractivity contribution in [2.45, 2.75) is 20.4 Å². The molecule has 0 saturated carbocycles. The molecule has 5 aromatic rings. The van der Waals surface area contributed by atoms with Crippen LogP contribution in [0.25, 0.3) is 27.5 Å². The van der Waals surface area contributed by atoms with Crippen molar-refractivity contribution in [3.63, 3.8) is 0 Å². The molecule has 3 aromatic heterocycles. The third kappa shape index (κ3) is 3.25. The Morgan fingerprint density at radius 2 is 1.97 bits per heavy atom. The fourth-order valence-corrected chi connectivity index (χ4v) is 4.27. The summed E-state index contributed by atoms with van der Waals surface area (Å²) in [6.07, 6.45) is 1.92. The maximum absolute atomic E-state index is 13.1. The number of nitrogens with one attached hydrogen (secondary N) is 1. The van der Waals surface area contributed by atoms with Crippen molar-refractivity contribution in [3.05, 3.63) is 76.3 Å². The minimum absolute atomic E-state index is 0.178. The van der Waals surface area contributed by atoms with E-state index in [0.29, 0.717) is 40.5 Å². The van der Waals surface area contributed by atoms with Crippen LogP contribution in [0.3, 0.4) is 0 Å². The Labute approximate surface area is 175 Å². The zero-order chi connectivity index (χ0) is 20.8. The number of oxazole rings is 1. The van der Waals surface area contributed by atoms with Crippen molar-refractivity contribution in [2.75, 3.05) is 0 Å². The molecule has 0 unspecified atom stereocenters. The number of fused-ring (bicyclic) bond motifs is 2. The predicted octanol–water partition coefficient (Wildman–Crippen LogP) is 4.89. The van der Waals surface area contributed by atoms with E-state index in [0.717, 1.165) is 15.4 Å². The molecular weight excluding hydrogens is 403 g/mol. The van der Waals surface area contributed by atoms with E-state index < -0.39 is 0 Å². The summed E-state index contributed by atoms with van der Waals surface area (Å²) in [6.45, 7) is 4.17. The van der Waals surface area contributed by atoms with Gasteiger partial charge in [0.05, 0.1) is 5.69 Å². The Balaban J connectivity index is 1.37. The van der Waals surface area contributed by atoms with Crippen LogP contribution in [0.1, 0.15) is 26.6 Å². The van der Waals surface area contributed by atoms with Gasteiger partial charge in [-0.3, -0.25) is 9.20 Å². The molecule has 2 aromatic carbocycles. The highest BCUT2D eigenvalue weighted by Crippen LogP contribution is 2.25. The van der Waals surface area contributed by atoms with Crippen LogP contribution < -0.4 is 5.32 Å². The lowest BCUT2D eigenvalue weighted by Crippen LogP contribution is -2.24. The minimum atomic E-state index is -0.309. The van der Waals surface area contributed by atoms with Gasteiger partial charge in [0.25, 0.3) is 5.91 Å². The Morgan fingerprint density at radius 1 is 1.17 bits per heavy atom. The molecule has 30 heavy (non-hydrogen) atoms. The molecule has 0 bridgehead atoms. The topological polar surface area (TPSA) is 72.4 Å². The Hall–Kier alpha value is -3.52. The van der Waals surface area contributed by atoms with E-state index in [1.54, 1.807) is 23.5 Å². The summed E-state index contributed by atoms with van der Waals surface area (Å²) >= 11 is 1.55. The molecule has 0 fully saturated rings. The number of halogens is 1. The van der Waals surface area contributed by atoms with Gasteiger partial charge >= 0.3 is 0 Å². The molecule has 0 atom stereocenters. The van der Waals surface area contributed by atoms with Gasteiger partial charge in [0, 0.05) is 23.2 Å². The second-order valence-corrected chi connectivity index (χ2v) is 8.26. The molecular formula is C22H17FN4O2S. The van der Waals surface area contributed by atoms with E-state index in [9.17, 15) is 9.18 Å². The van der Waals surface area contributed by atoms with Gasteiger partial charge < -0.3 is 9.73 Å². The average molecular weight is 420 g/mol. The smallest absolute Gasteiger partial charge is 0.270 e. The van der Waals surface area contributed by atoms with Crippen LogP contribution in [0.2, 0.25) is 0 Å². The van der Waals surface area contributed by atoms with Gasteiger partial charge in [0.15, 0.2) is 10.5 Å². The largest absolute Gasteiger partial charge is 0.436 e.